The monoisotopic (exact) mass is 350 g/mol. The Morgan fingerprint density at radius 3 is 2.65 bits per heavy atom. The number of allylic oxidation sites excluding steroid dienone is 2. The molecule has 5 nitrogen and oxygen atoms in total. The SMILES string of the molecule is CCn1nc(/C(C)=C/C=N/C=C/Cl)n(-c2ccc(Cl)cc2)c1=O. The van der Waals surface area contributed by atoms with E-state index in [9.17, 15) is 4.79 Å². The van der Waals surface area contributed by atoms with Crippen LogP contribution in [0, 0.1) is 0 Å². The van der Waals surface area contributed by atoms with Crippen molar-refractivity contribution in [3.05, 3.63) is 63.4 Å². The van der Waals surface area contributed by atoms with Gasteiger partial charge in [0.05, 0.1) is 5.69 Å². The van der Waals surface area contributed by atoms with Crippen LogP contribution in [0.3, 0.4) is 0 Å². The number of nitrogens with zero attached hydrogens (tertiary/aromatic N) is 4. The van der Waals surface area contributed by atoms with Crippen molar-refractivity contribution in [2.75, 3.05) is 0 Å². The molecule has 0 aliphatic heterocycles. The number of aliphatic imine (C=N–C) groups is 1. The molecule has 0 amide bonds. The van der Waals surface area contributed by atoms with Crippen molar-refractivity contribution in [3.8, 4) is 5.69 Å². The number of aryl methyl sites for hydroxylation is 1. The molecule has 0 spiro atoms. The largest absolute Gasteiger partial charge is 0.350 e. The van der Waals surface area contributed by atoms with Crippen LogP contribution >= 0.6 is 23.2 Å². The maximum absolute atomic E-state index is 12.5. The standard InChI is InChI=1S/C16H16Cl2N4O/c1-3-21-16(23)22(14-6-4-13(18)5-7-14)15(20-21)12(2)8-10-19-11-9-17/h4-11H,3H2,1-2H3/b11-9+,12-8+,19-10+. The first-order valence-corrected chi connectivity index (χ1v) is 7.81. The van der Waals surface area contributed by atoms with Crippen molar-refractivity contribution in [2.24, 2.45) is 4.99 Å². The number of halogens is 2. The zero-order valence-electron chi connectivity index (χ0n) is 12.8. The van der Waals surface area contributed by atoms with Crippen LogP contribution in [0.1, 0.15) is 19.7 Å². The highest BCUT2D eigenvalue weighted by Crippen LogP contribution is 2.17. The van der Waals surface area contributed by atoms with Gasteiger partial charge in [0, 0.05) is 29.5 Å². The lowest BCUT2D eigenvalue weighted by molar-refractivity contribution is 0.628. The van der Waals surface area contributed by atoms with Gasteiger partial charge in [-0.25, -0.2) is 14.0 Å². The van der Waals surface area contributed by atoms with E-state index in [-0.39, 0.29) is 5.69 Å². The Labute approximate surface area is 144 Å². The van der Waals surface area contributed by atoms with Gasteiger partial charge in [-0.1, -0.05) is 23.2 Å². The Bertz CT molecular complexity index is 814. The van der Waals surface area contributed by atoms with Crippen molar-refractivity contribution < 1.29 is 0 Å². The molecule has 0 bridgehead atoms. The summed E-state index contributed by atoms with van der Waals surface area (Å²) in [5.41, 5.74) is 2.63. The summed E-state index contributed by atoms with van der Waals surface area (Å²) in [4.78, 5) is 16.5. The molecule has 0 N–H and O–H groups in total. The molecule has 120 valence electrons. The second-order valence-corrected chi connectivity index (χ2v) is 5.35. The molecule has 2 rings (SSSR count). The van der Waals surface area contributed by atoms with Gasteiger partial charge in [-0.2, -0.15) is 0 Å². The maximum atomic E-state index is 12.5. The number of hydrogen-bond acceptors (Lipinski definition) is 3. The summed E-state index contributed by atoms with van der Waals surface area (Å²) in [5.74, 6) is 0.556. The quantitative estimate of drug-likeness (QED) is 0.768. The van der Waals surface area contributed by atoms with Crippen molar-refractivity contribution in [1.29, 1.82) is 0 Å². The highest BCUT2D eigenvalue weighted by Gasteiger charge is 2.15. The molecule has 0 saturated carbocycles. The van der Waals surface area contributed by atoms with E-state index in [4.69, 9.17) is 23.2 Å². The molecule has 1 aromatic heterocycles. The molecule has 7 heteroatoms. The molecule has 0 atom stereocenters. The van der Waals surface area contributed by atoms with Crippen LogP contribution in [0.25, 0.3) is 11.3 Å². The summed E-state index contributed by atoms with van der Waals surface area (Å²) in [6.07, 6.45) is 4.82. The highest BCUT2D eigenvalue weighted by atomic mass is 35.5. The second-order valence-electron chi connectivity index (χ2n) is 4.66. The van der Waals surface area contributed by atoms with E-state index in [1.165, 1.54) is 16.4 Å². The topological polar surface area (TPSA) is 52.2 Å². The van der Waals surface area contributed by atoms with Gasteiger partial charge >= 0.3 is 5.69 Å². The van der Waals surface area contributed by atoms with E-state index < -0.39 is 0 Å². The van der Waals surface area contributed by atoms with Crippen LogP contribution < -0.4 is 5.69 Å². The Morgan fingerprint density at radius 1 is 1.35 bits per heavy atom. The van der Waals surface area contributed by atoms with E-state index in [1.807, 2.05) is 13.8 Å². The zero-order valence-corrected chi connectivity index (χ0v) is 14.3. The number of aromatic nitrogens is 3. The van der Waals surface area contributed by atoms with Crippen molar-refractivity contribution in [2.45, 2.75) is 20.4 Å². The van der Waals surface area contributed by atoms with Gasteiger partial charge in [-0.3, -0.25) is 4.99 Å². The number of rotatable bonds is 5. The van der Waals surface area contributed by atoms with Gasteiger partial charge in [0.2, 0.25) is 0 Å². The molecule has 0 radical (unpaired) electrons. The van der Waals surface area contributed by atoms with Crippen LogP contribution in [-0.2, 0) is 6.54 Å². The van der Waals surface area contributed by atoms with Crippen molar-refractivity contribution in [3.63, 3.8) is 0 Å². The molecule has 2 aromatic rings. The van der Waals surface area contributed by atoms with Gasteiger partial charge in [0.25, 0.3) is 0 Å². The predicted molar refractivity (Wildman–Crippen MR) is 95.6 cm³/mol. The summed E-state index contributed by atoms with van der Waals surface area (Å²) >= 11 is 11.3. The Hall–Kier alpha value is -2.11. The third-order valence-electron chi connectivity index (χ3n) is 3.13. The molecule has 1 aromatic carbocycles. The second kappa shape index (κ2) is 7.94. The van der Waals surface area contributed by atoms with Crippen LogP contribution in [0.15, 0.2) is 51.9 Å². The summed E-state index contributed by atoms with van der Waals surface area (Å²) in [5, 5.41) is 5.00. The Morgan fingerprint density at radius 2 is 2.04 bits per heavy atom. The molecule has 0 saturated heterocycles. The maximum Gasteiger partial charge on any atom is 0.350 e. The first-order valence-electron chi connectivity index (χ1n) is 7.00. The molecule has 0 aliphatic carbocycles. The molecule has 23 heavy (non-hydrogen) atoms. The lowest BCUT2D eigenvalue weighted by atomic mass is 10.2. The van der Waals surface area contributed by atoms with Gasteiger partial charge in [0.1, 0.15) is 0 Å². The highest BCUT2D eigenvalue weighted by molar-refractivity contribution is 6.30. The first kappa shape index (κ1) is 17.2. The molecule has 0 aliphatic rings. The van der Waals surface area contributed by atoms with Crippen LogP contribution in [0.4, 0.5) is 0 Å². The van der Waals surface area contributed by atoms with Crippen LogP contribution in [-0.4, -0.2) is 20.6 Å². The van der Waals surface area contributed by atoms with E-state index in [1.54, 1.807) is 41.1 Å². The normalized spacial score (nSPS) is 12.6. The summed E-state index contributed by atoms with van der Waals surface area (Å²) in [6, 6.07) is 7.05. The first-order chi connectivity index (χ1) is 11.1. The average Bonchev–Trinajstić information content (AvgIpc) is 2.89. The molecule has 1 heterocycles. The van der Waals surface area contributed by atoms with E-state index >= 15 is 0 Å². The van der Waals surface area contributed by atoms with Gasteiger partial charge < -0.3 is 0 Å². The predicted octanol–water partition coefficient (Wildman–Crippen LogP) is 3.89. The molecule has 0 fully saturated rings. The minimum Gasteiger partial charge on any atom is -0.264 e. The fourth-order valence-electron chi connectivity index (χ4n) is 2.00. The van der Waals surface area contributed by atoms with Crippen LogP contribution in [0.5, 0.6) is 0 Å². The summed E-state index contributed by atoms with van der Waals surface area (Å²) in [6.45, 7) is 4.23. The Balaban J connectivity index is 2.55. The lowest BCUT2D eigenvalue weighted by Gasteiger charge is -2.05. The smallest absolute Gasteiger partial charge is 0.264 e. The van der Waals surface area contributed by atoms with Gasteiger partial charge in [0.15, 0.2) is 5.82 Å². The van der Waals surface area contributed by atoms with Crippen molar-refractivity contribution in [1.82, 2.24) is 14.3 Å². The molecule has 0 unspecified atom stereocenters. The number of hydrogen-bond donors (Lipinski definition) is 0. The van der Waals surface area contributed by atoms with Gasteiger partial charge in [-0.05, 0) is 49.8 Å². The Kier molecular flexibility index (Phi) is 5.96. The minimum atomic E-state index is -0.199. The third-order valence-corrected chi connectivity index (χ3v) is 3.49. The van der Waals surface area contributed by atoms with E-state index in [2.05, 4.69) is 10.1 Å². The summed E-state index contributed by atoms with van der Waals surface area (Å²) < 4.78 is 2.97. The van der Waals surface area contributed by atoms with E-state index in [0.29, 0.717) is 23.1 Å². The molecular formula is C16H16Cl2N4O. The third kappa shape index (κ3) is 4.00. The van der Waals surface area contributed by atoms with Gasteiger partial charge in [-0.15, -0.1) is 5.10 Å². The lowest BCUT2D eigenvalue weighted by Crippen LogP contribution is -2.23. The fraction of sp³-hybridized carbons (Fsp3) is 0.188. The average molecular weight is 351 g/mol. The molecular weight excluding hydrogens is 335 g/mol. The zero-order chi connectivity index (χ0) is 16.8. The fourth-order valence-corrected chi connectivity index (χ4v) is 2.19. The summed E-state index contributed by atoms with van der Waals surface area (Å²) in [7, 11) is 0. The minimum absolute atomic E-state index is 0.199. The van der Waals surface area contributed by atoms with Crippen molar-refractivity contribution >= 4 is 35.0 Å². The van der Waals surface area contributed by atoms with Crippen LogP contribution in [0.2, 0.25) is 5.02 Å². The number of benzene rings is 1. The van der Waals surface area contributed by atoms with E-state index in [0.717, 1.165) is 5.57 Å².